The fraction of sp³-hybridized carbons (Fsp3) is 0.500. The van der Waals surface area contributed by atoms with Crippen molar-refractivity contribution in [3.05, 3.63) is 35.9 Å². The van der Waals surface area contributed by atoms with Crippen LogP contribution in [0.2, 0.25) is 0 Å². The molecule has 0 saturated carbocycles. The molecule has 1 aromatic carbocycles. The van der Waals surface area contributed by atoms with Crippen LogP contribution in [0.3, 0.4) is 0 Å². The normalized spacial score (nSPS) is 21.5. The van der Waals surface area contributed by atoms with Crippen LogP contribution < -0.4 is 5.73 Å². The number of amides is 1. The Kier molecular flexibility index (Phi) is 3.79. The van der Waals surface area contributed by atoms with Crippen LogP contribution in [-0.2, 0) is 4.79 Å². The van der Waals surface area contributed by atoms with E-state index in [1.54, 1.807) is 0 Å². The SMILES string of the molecule is CC[C@H](C(=O)N1CC[C@@H](N)C1)c1ccccc1. The van der Waals surface area contributed by atoms with E-state index in [1.165, 1.54) is 0 Å². The summed E-state index contributed by atoms with van der Waals surface area (Å²) in [4.78, 5) is 14.3. The smallest absolute Gasteiger partial charge is 0.230 e. The van der Waals surface area contributed by atoms with Crippen molar-refractivity contribution in [2.75, 3.05) is 13.1 Å². The molecule has 1 aliphatic heterocycles. The molecule has 1 aliphatic rings. The lowest BCUT2D eigenvalue weighted by atomic mass is 9.95. The van der Waals surface area contributed by atoms with E-state index in [2.05, 4.69) is 6.92 Å². The second kappa shape index (κ2) is 5.32. The second-order valence-electron chi connectivity index (χ2n) is 4.70. The summed E-state index contributed by atoms with van der Waals surface area (Å²) in [6.45, 7) is 3.58. The van der Waals surface area contributed by atoms with Crippen molar-refractivity contribution in [2.45, 2.75) is 31.7 Å². The Morgan fingerprint density at radius 3 is 2.71 bits per heavy atom. The van der Waals surface area contributed by atoms with Gasteiger partial charge in [-0.2, -0.15) is 0 Å². The largest absolute Gasteiger partial charge is 0.341 e. The van der Waals surface area contributed by atoms with E-state index in [1.807, 2.05) is 35.2 Å². The Morgan fingerprint density at radius 1 is 1.47 bits per heavy atom. The quantitative estimate of drug-likeness (QED) is 0.863. The summed E-state index contributed by atoms with van der Waals surface area (Å²) >= 11 is 0. The van der Waals surface area contributed by atoms with Crippen LogP contribution >= 0.6 is 0 Å². The third-order valence-corrected chi connectivity index (χ3v) is 3.44. The van der Waals surface area contributed by atoms with E-state index >= 15 is 0 Å². The Hall–Kier alpha value is -1.35. The topological polar surface area (TPSA) is 46.3 Å². The lowest BCUT2D eigenvalue weighted by molar-refractivity contribution is -0.131. The van der Waals surface area contributed by atoms with Crippen LogP contribution in [0, 0.1) is 0 Å². The molecule has 1 amide bonds. The predicted molar refractivity (Wildman–Crippen MR) is 68.6 cm³/mol. The molecule has 0 aliphatic carbocycles. The Balaban J connectivity index is 2.11. The third kappa shape index (κ3) is 2.67. The van der Waals surface area contributed by atoms with Crippen LogP contribution in [0.5, 0.6) is 0 Å². The van der Waals surface area contributed by atoms with Gasteiger partial charge in [-0.05, 0) is 18.4 Å². The van der Waals surface area contributed by atoms with Crippen molar-refractivity contribution in [1.82, 2.24) is 4.90 Å². The van der Waals surface area contributed by atoms with Crippen molar-refractivity contribution in [1.29, 1.82) is 0 Å². The highest BCUT2D eigenvalue weighted by Crippen LogP contribution is 2.23. The molecule has 2 rings (SSSR count). The maximum absolute atomic E-state index is 12.4. The first-order valence-corrected chi connectivity index (χ1v) is 6.31. The van der Waals surface area contributed by atoms with Gasteiger partial charge in [0.25, 0.3) is 0 Å². The van der Waals surface area contributed by atoms with E-state index in [0.717, 1.165) is 24.9 Å². The predicted octanol–water partition coefficient (Wildman–Crippen LogP) is 1.74. The fourth-order valence-electron chi connectivity index (χ4n) is 2.45. The van der Waals surface area contributed by atoms with Gasteiger partial charge in [-0.1, -0.05) is 37.3 Å². The van der Waals surface area contributed by atoms with Gasteiger partial charge in [-0.3, -0.25) is 4.79 Å². The number of nitrogens with two attached hydrogens (primary N) is 1. The lowest BCUT2D eigenvalue weighted by Crippen LogP contribution is -2.35. The van der Waals surface area contributed by atoms with Crippen LogP contribution in [0.1, 0.15) is 31.2 Å². The number of likely N-dealkylation sites (tertiary alicyclic amines) is 1. The summed E-state index contributed by atoms with van der Waals surface area (Å²) in [5, 5.41) is 0. The van der Waals surface area contributed by atoms with Crippen LogP contribution in [-0.4, -0.2) is 29.9 Å². The summed E-state index contributed by atoms with van der Waals surface area (Å²) < 4.78 is 0. The minimum absolute atomic E-state index is 0.0125. The number of carbonyl (C=O) groups is 1. The first kappa shape index (κ1) is 12.1. The van der Waals surface area contributed by atoms with E-state index in [-0.39, 0.29) is 17.9 Å². The van der Waals surface area contributed by atoms with Crippen molar-refractivity contribution < 1.29 is 4.79 Å². The molecule has 1 aromatic rings. The van der Waals surface area contributed by atoms with E-state index in [0.29, 0.717) is 6.54 Å². The number of hydrogen-bond acceptors (Lipinski definition) is 2. The molecule has 17 heavy (non-hydrogen) atoms. The molecule has 2 N–H and O–H groups in total. The summed E-state index contributed by atoms with van der Waals surface area (Å²) in [5.41, 5.74) is 6.96. The Morgan fingerprint density at radius 2 is 2.18 bits per heavy atom. The molecule has 92 valence electrons. The molecule has 1 heterocycles. The fourth-order valence-corrected chi connectivity index (χ4v) is 2.45. The summed E-state index contributed by atoms with van der Waals surface area (Å²) in [7, 11) is 0. The zero-order valence-electron chi connectivity index (χ0n) is 10.3. The van der Waals surface area contributed by atoms with Crippen molar-refractivity contribution in [3.63, 3.8) is 0 Å². The zero-order chi connectivity index (χ0) is 12.3. The van der Waals surface area contributed by atoms with Crippen molar-refractivity contribution in [3.8, 4) is 0 Å². The Labute approximate surface area is 103 Å². The highest BCUT2D eigenvalue weighted by molar-refractivity contribution is 5.84. The van der Waals surface area contributed by atoms with Gasteiger partial charge in [0.1, 0.15) is 0 Å². The van der Waals surface area contributed by atoms with Crippen molar-refractivity contribution in [2.24, 2.45) is 5.73 Å². The van der Waals surface area contributed by atoms with Crippen LogP contribution in [0.15, 0.2) is 30.3 Å². The number of hydrogen-bond donors (Lipinski definition) is 1. The highest BCUT2D eigenvalue weighted by Gasteiger charge is 2.29. The van der Waals surface area contributed by atoms with Gasteiger partial charge in [-0.15, -0.1) is 0 Å². The molecule has 0 aromatic heterocycles. The summed E-state index contributed by atoms with van der Waals surface area (Å²) in [6, 6.07) is 10.2. The summed E-state index contributed by atoms with van der Waals surface area (Å²) in [5.74, 6) is 0.216. The molecule has 2 atom stereocenters. The minimum atomic E-state index is -0.0125. The summed E-state index contributed by atoms with van der Waals surface area (Å²) in [6.07, 6.45) is 1.77. The van der Waals surface area contributed by atoms with Crippen LogP contribution in [0.4, 0.5) is 0 Å². The molecule has 0 bridgehead atoms. The van der Waals surface area contributed by atoms with Gasteiger partial charge in [0.2, 0.25) is 5.91 Å². The van der Waals surface area contributed by atoms with Gasteiger partial charge < -0.3 is 10.6 Å². The molecule has 0 spiro atoms. The average molecular weight is 232 g/mol. The molecule has 3 nitrogen and oxygen atoms in total. The van der Waals surface area contributed by atoms with E-state index in [9.17, 15) is 4.79 Å². The van der Waals surface area contributed by atoms with Crippen LogP contribution in [0.25, 0.3) is 0 Å². The molecular weight excluding hydrogens is 212 g/mol. The van der Waals surface area contributed by atoms with Crippen molar-refractivity contribution >= 4 is 5.91 Å². The molecular formula is C14H20N2O. The highest BCUT2D eigenvalue weighted by atomic mass is 16.2. The number of nitrogens with zero attached hydrogens (tertiary/aromatic N) is 1. The van der Waals surface area contributed by atoms with E-state index in [4.69, 9.17) is 5.73 Å². The maximum atomic E-state index is 12.4. The molecule has 0 unspecified atom stereocenters. The van der Waals surface area contributed by atoms with Gasteiger partial charge in [0.05, 0.1) is 5.92 Å². The first-order valence-electron chi connectivity index (χ1n) is 6.31. The van der Waals surface area contributed by atoms with E-state index < -0.39 is 0 Å². The maximum Gasteiger partial charge on any atom is 0.230 e. The van der Waals surface area contributed by atoms with Gasteiger partial charge >= 0.3 is 0 Å². The zero-order valence-corrected chi connectivity index (χ0v) is 10.3. The lowest BCUT2D eigenvalue weighted by Gasteiger charge is -2.22. The van der Waals surface area contributed by atoms with Gasteiger partial charge in [0.15, 0.2) is 0 Å². The molecule has 0 radical (unpaired) electrons. The molecule has 3 heteroatoms. The standard InChI is InChI=1S/C14H20N2O/c1-2-13(11-6-4-3-5-7-11)14(17)16-9-8-12(15)10-16/h3-7,12-13H,2,8-10,15H2,1H3/t12-,13+/m1/s1. The number of benzene rings is 1. The minimum Gasteiger partial charge on any atom is -0.341 e. The first-order chi connectivity index (χ1) is 8.22. The monoisotopic (exact) mass is 232 g/mol. The van der Waals surface area contributed by atoms with Gasteiger partial charge in [-0.25, -0.2) is 0 Å². The average Bonchev–Trinajstić information content (AvgIpc) is 2.78. The number of rotatable bonds is 3. The second-order valence-corrected chi connectivity index (χ2v) is 4.70. The molecule has 1 fully saturated rings. The van der Waals surface area contributed by atoms with Gasteiger partial charge in [0, 0.05) is 19.1 Å². The third-order valence-electron chi connectivity index (χ3n) is 3.44. The number of carbonyl (C=O) groups excluding carboxylic acids is 1. The molecule has 1 saturated heterocycles. The Bertz CT molecular complexity index is 377.